The van der Waals surface area contributed by atoms with Crippen LogP contribution < -0.4 is 0 Å². The van der Waals surface area contributed by atoms with Crippen LogP contribution in [0.25, 0.3) is 11.8 Å². The lowest BCUT2D eigenvalue weighted by Gasteiger charge is -2.28. The Balaban J connectivity index is 2.09. The highest BCUT2D eigenvalue weighted by Crippen LogP contribution is 2.27. The fourth-order valence-corrected chi connectivity index (χ4v) is 2.87. The van der Waals surface area contributed by atoms with E-state index in [1.165, 1.54) is 49.1 Å². The summed E-state index contributed by atoms with van der Waals surface area (Å²) in [7, 11) is 2.58. The number of carbonyl (C=O) groups is 3. The van der Waals surface area contributed by atoms with E-state index in [1.54, 1.807) is 6.92 Å². The summed E-state index contributed by atoms with van der Waals surface area (Å²) in [5.74, 6) is -1.84. The van der Waals surface area contributed by atoms with Crippen LogP contribution in [0.1, 0.15) is 11.3 Å². The van der Waals surface area contributed by atoms with Gasteiger partial charge in [-0.1, -0.05) is 11.6 Å². The first-order valence-electron chi connectivity index (χ1n) is 7.55. The van der Waals surface area contributed by atoms with Gasteiger partial charge in [-0.25, -0.2) is 13.9 Å². The summed E-state index contributed by atoms with van der Waals surface area (Å²) < 4.78 is 14.5. The van der Waals surface area contributed by atoms with Gasteiger partial charge in [-0.05, 0) is 37.3 Å². The summed E-state index contributed by atoms with van der Waals surface area (Å²) in [6.07, 6.45) is 1.31. The Morgan fingerprint density at radius 3 is 2.12 bits per heavy atom. The molecule has 1 aliphatic heterocycles. The van der Waals surface area contributed by atoms with Gasteiger partial charge in [0.05, 0.1) is 11.4 Å². The maximum Gasteiger partial charge on any atom is 0.333 e. The highest BCUT2D eigenvalue weighted by Gasteiger charge is 2.38. The van der Waals surface area contributed by atoms with Gasteiger partial charge >= 0.3 is 6.03 Å². The van der Waals surface area contributed by atoms with Crippen molar-refractivity contribution >= 4 is 35.5 Å². The third-order valence-electron chi connectivity index (χ3n) is 4.05. The molecular formula is C17H14ClFN4O3. The maximum absolute atomic E-state index is 13.1. The number of halogens is 2. The number of aryl methyl sites for hydroxylation is 1. The van der Waals surface area contributed by atoms with E-state index in [9.17, 15) is 18.8 Å². The number of amides is 4. The molecule has 0 bridgehead atoms. The van der Waals surface area contributed by atoms with Crippen molar-refractivity contribution in [3.8, 4) is 5.69 Å². The zero-order valence-electron chi connectivity index (χ0n) is 14.2. The van der Waals surface area contributed by atoms with Crippen molar-refractivity contribution < 1.29 is 18.8 Å². The van der Waals surface area contributed by atoms with E-state index < -0.39 is 23.7 Å². The van der Waals surface area contributed by atoms with Gasteiger partial charge in [-0.15, -0.1) is 0 Å². The van der Waals surface area contributed by atoms with Gasteiger partial charge < -0.3 is 0 Å². The average molecular weight is 377 g/mol. The van der Waals surface area contributed by atoms with Gasteiger partial charge in [0.15, 0.2) is 0 Å². The molecule has 9 heteroatoms. The standard InChI is InChI=1S/C17H14ClFN4O3/c1-9-12(8-13-15(24)21(2)17(26)22(3)16(13)25)14(18)23(20-9)11-6-4-10(19)5-7-11/h4-8H,1-3H3. The van der Waals surface area contributed by atoms with Crippen LogP contribution in [0.2, 0.25) is 5.15 Å². The van der Waals surface area contributed by atoms with Crippen molar-refractivity contribution in [1.29, 1.82) is 0 Å². The molecule has 4 amide bonds. The summed E-state index contributed by atoms with van der Waals surface area (Å²) in [5, 5.41) is 4.44. The Morgan fingerprint density at radius 1 is 1.04 bits per heavy atom. The van der Waals surface area contributed by atoms with Gasteiger partial charge in [0, 0.05) is 19.7 Å². The minimum atomic E-state index is -0.719. The van der Waals surface area contributed by atoms with Crippen LogP contribution >= 0.6 is 11.6 Å². The molecule has 0 spiro atoms. The number of likely N-dealkylation sites (N-methyl/N-ethyl adjacent to an activating group) is 2. The largest absolute Gasteiger partial charge is 0.333 e. The van der Waals surface area contributed by atoms with Gasteiger partial charge in [0.2, 0.25) is 0 Å². The number of hydrogen-bond acceptors (Lipinski definition) is 4. The Morgan fingerprint density at radius 2 is 1.58 bits per heavy atom. The molecule has 7 nitrogen and oxygen atoms in total. The zero-order valence-corrected chi connectivity index (χ0v) is 14.9. The van der Waals surface area contributed by atoms with E-state index in [1.807, 2.05) is 0 Å². The van der Waals surface area contributed by atoms with Crippen molar-refractivity contribution in [1.82, 2.24) is 19.6 Å². The molecule has 0 radical (unpaired) electrons. The summed E-state index contributed by atoms with van der Waals surface area (Å²) >= 11 is 6.37. The van der Waals surface area contributed by atoms with Crippen molar-refractivity contribution in [2.75, 3.05) is 14.1 Å². The van der Waals surface area contributed by atoms with Crippen molar-refractivity contribution in [3.05, 3.63) is 52.1 Å². The number of nitrogens with zero attached hydrogens (tertiary/aromatic N) is 4. The number of imide groups is 2. The maximum atomic E-state index is 13.1. The van der Waals surface area contributed by atoms with E-state index in [2.05, 4.69) is 5.10 Å². The normalized spacial score (nSPS) is 15.1. The van der Waals surface area contributed by atoms with Crippen LogP contribution in [0.5, 0.6) is 0 Å². The van der Waals surface area contributed by atoms with E-state index in [0.29, 0.717) is 16.9 Å². The van der Waals surface area contributed by atoms with Crippen LogP contribution in [0.15, 0.2) is 29.8 Å². The number of aromatic nitrogens is 2. The van der Waals surface area contributed by atoms with Crippen molar-refractivity contribution in [2.45, 2.75) is 6.92 Å². The first-order valence-corrected chi connectivity index (χ1v) is 7.93. The number of urea groups is 1. The monoisotopic (exact) mass is 376 g/mol. The van der Waals surface area contributed by atoms with Crippen LogP contribution in [-0.4, -0.2) is 51.5 Å². The molecule has 2 heterocycles. The summed E-state index contributed by atoms with van der Waals surface area (Å²) in [4.78, 5) is 38.1. The van der Waals surface area contributed by atoms with Crippen LogP contribution in [0.3, 0.4) is 0 Å². The molecule has 0 aliphatic carbocycles. The zero-order chi connectivity index (χ0) is 19.2. The second-order valence-corrected chi connectivity index (χ2v) is 6.11. The molecule has 2 aromatic rings. The average Bonchev–Trinajstić information content (AvgIpc) is 2.90. The van der Waals surface area contributed by atoms with Gasteiger partial charge in [-0.2, -0.15) is 5.10 Å². The minimum Gasteiger partial charge on any atom is -0.268 e. The molecule has 134 valence electrons. The Hall–Kier alpha value is -3.00. The van der Waals surface area contributed by atoms with Gasteiger partial charge in [0.1, 0.15) is 16.5 Å². The predicted octanol–water partition coefficient (Wildman–Crippen LogP) is 2.41. The summed E-state index contributed by atoms with van der Waals surface area (Å²) in [6.45, 7) is 1.66. The molecule has 26 heavy (non-hydrogen) atoms. The number of benzene rings is 1. The molecule has 1 fully saturated rings. The topological polar surface area (TPSA) is 75.5 Å². The van der Waals surface area contributed by atoms with E-state index >= 15 is 0 Å². The second kappa shape index (κ2) is 6.38. The summed E-state index contributed by atoms with van der Waals surface area (Å²) in [5.41, 5.74) is 1.16. The Bertz CT molecular complexity index is 939. The minimum absolute atomic E-state index is 0.157. The molecular weight excluding hydrogens is 363 g/mol. The van der Waals surface area contributed by atoms with Crippen LogP contribution in [0.4, 0.5) is 9.18 Å². The smallest absolute Gasteiger partial charge is 0.268 e. The first-order chi connectivity index (χ1) is 12.2. The fraction of sp³-hybridized carbons (Fsp3) is 0.176. The molecule has 0 unspecified atom stereocenters. The molecule has 1 aromatic heterocycles. The van der Waals surface area contributed by atoms with Crippen LogP contribution in [-0.2, 0) is 9.59 Å². The Kier molecular flexibility index (Phi) is 4.37. The number of rotatable bonds is 2. The SMILES string of the molecule is Cc1nn(-c2ccc(F)cc2)c(Cl)c1C=C1C(=O)N(C)C(=O)N(C)C1=O. The molecule has 0 saturated carbocycles. The first kappa shape index (κ1) is 17.8. The molecule has 1 aromatic carbocycles. The highest BCUT2D eigenvalue weighted by molar-refractivity contribution is 6.33. The molecule has 3 rings (SSSR count). The molecule has 1 aliphatic rings. The van der Waals surface area contributed by atoms with Crippen LogP contribution in [0, 0.1) is 12.7 Å². The molecule has 1 saturated heterocycles. The third kappa shape index (κ3) is 2.78. The van der Waals surface area contributed by atoms with Gasteiger partial charge in [-0.3, -0.25) is 19.4 Å². The van der Waals surface area contributed by atoms with E-state index in [-0.39, 0.29) is 10.7 Å². The lowest BCUT2D eigenvalue weighted by atomic mass is 10.1. The quantitative estimate of drug-likeness (QED) is 0.596. The van der Waals surface area contributed by atoms with Crippen molar-refractivity contribution in [2.24, 2.45) is 0 Å². The second-order valence-electron chi connectivity index (χ2n) is 5.75. The third-order valence-corrected chi connectivity index (χ3v) is 4.42. The fourth-order valence-electron chi connectivity index (χ4n) is 2.55. The highest BCUT2D eigenvalue weighted by atomic mass is 35.5. The predicted molar refractivity (Wildman–Crippen MR) is 92.2 cm³/mol. The molecule has 0 N–H and O–H groups in total. The summed E-state index contributed by atoms with van der Waals surface area (Å²) in [6, 6.07) is 4.83. The van der Waals surface area contributed by atoms with E-state index in [4.69, 9.17) is 11.6 Å². The number of barbiturate groups is 1. The number of hydrogen-bond donors (Lipinski definition) is 0. The van der Waals surface area contributed by atoms with Gasteiger partial charge in [0.25, 0.3) is 11.8 Å². The van der Waals surface area contributed by atoms with E-state index in [0.717, 1.165) is 9.80 Å². The van der Waals surface area contributed by atoms with Crippen molar-refractivity contribution in [3.63, 3.8) is 0 Å². The molecule has 0 atom stereocenters. The lowest BCUT2D eigenvalue weighted by molar-refractivity contribution is -0.134. The number of carbonyl (C=O) groups excluding carboxylic acids is 3. The lowest BCUT2D eigenvalue weighted by Crippen LogP contribution is -2.52. The Labute approximate surface area is 153 Å².